The first-order valence-corrected chi connectivity index (χ1v) is 4.75. The molecule has 0 nitrogen and oxygen atoms in total. The lowest BCUT2D eigenvalue weighted by molar-refractivity contribution is 0.294. The van der Waals surface area contributed by atoms with E-state index in [1.165, 1.54) is 19.3 Å². The van der Waals surface area contributed by atoms with Crippen LogP contribution in [0.4, 0.5) is 0 Å². The molecule has 0 heteroatoms. The third kappa shape index (κ3) is 7.90. The monoisotopic (exact) mass is 155 g/mol. The molecule has 11 heavy (non-hydrogen) atoms. The molecule has 0 heterocycles. The van der Waals surface area contributed by atoms with Crippen molar-refractivity contribution in [1.82, 2.24) is 0 Å². The zero-order chi connectivity index (χ0) is 8.91. The van der Waals surface area contributed by atoms with Crippen molar-refractivity contribution in [3.63, 3.8) is 0 Å². The van der Waals surface area contributed by atoms with Gasteiger partial charge in [0.2, 0.25) is 0 Å². The Balaban J connectivity index is 3.44. The van der Waals surface area contributed by atoms with E-state index in [1.54, 1.807) is 0 Å². The van der Waals surface area contributed by atoms with Crippen LogP contribution >= 0.6 is 0 Å². The van der Waals surface area contributed by atoms with Gasteiger partial charge in [-0.2, -0.15) is 0 Å². The average molecular weight is 155 g/mol. The Hall–Kier alpha value is 0. The topological polar surface area (TPSA) is 0 Å². The van der Waals surface area contributed by atoms with Crippen LogP contribution < -0.4 is 0 Å². The van der Waals surface area contributed by atoms with E-state index >= 15 is 0 Å². The van der Waals surface area contributed by atoms with Crippen molar-refractivity contribution >= 4 is 0 Å². The molecule has 0 amide bonds. The Labute approximate surface area is 72.4 Å². The molecule has 0 spiro atoms. The number of hydrogen-bond donors (Lipinski definition) is 0. The van der Waals surface area contributed by atoms with E-state index in [-0.39, 0.29) is 0 Å². The SMILES string of the molecule is [CH2]CCCC(C)CC(C)(C)C. The Morgan fingerprint density at radius 1 is 1.27 bits per heavy atom. The summed E-state index contributed by atoms with van der Waals surface area (Å²) in [5, 5.41) is 0. The first kappa shape index (κ1) is 11.0. The first-order valence-electron chi connectivity index (χ1n) is 4.75. The Morgan fingerprint density at radius 2 is 1.82 bits per heavy atom. The second-order valence-electron chi connectivity index (χ2n) is 4.87. The highest BCUT2D eigenvalue weighted by atomic mass is 14.2. The minimum atomic E-state index is 0.501. The van der Waals surface area contributed by atoms with Crippen LogP contribution in [0, 0.1) is 18.3 Å². The molecule has 0 aromatic carbocycles. The van der Waals surface area contributed by atoms with Crippen molar-refractivity contribution in [3.8, 4) is 0 Å². The second kappa shape index (κ2) is 4.79. The zero-order valence-corrected chi connectivity index (χ0v) is 8.61. The van der Waals surface area contributed by atoms with Gasteiger partial charge in [0.25, 0.3) is 0 Å². The second-order valence-corrected chi connectivity index (χ2v) is 4.87. The van der Waals surface area contributed by atoms with Gasteiger partial charge in [-0.1, -0.05) is 53.9 Å². The predicted molar refractivity (Wildman–Crippen MR) is 52.4 cm³/mol. The number of hydrogen-bond acceptors (Lipinski definition) is 0. The van der Waals surface area contributed by atoms with Crippen LogP contribution in [0.25, 0.3) is 0 Å². The fourth-order valence-electron chi connectivity index (χ4n) is 1.64. The van der Waals surface area contributed by atoms with Crippen molar-refractivity contribution in [2.75, 3.05) is 0 Å². The molecule has 0 N–H and O–H groups in total. The van der Waals surface area contributed by atoms with E-state index in [4.69, 9.17) is 0 Å². The van der Waals surface area contributed by atoms with Gasteiger partial charge < -0.3 is 0 Å². The molecular formula is C11H23. The van der Waals surface area contributed by atoms with Gasteiger partial charge in [0, 0.05) is 0 Å². The number of rotatable bonds is 4. The summed E-state index contributed by atoms with van der Waals surface area (Å²) in [5.74, 6) is 0.872. The summed E-state index contributed by atoms with van der Waals surface area (Å²) in [5.41, 5.74) is 0.501. The van der Waals surface area contributed by atoms with Crippen LogP contribution in [0.1, 0.15) is 53.4 Å². The minimum absolute atomic E-state index is 0.501. The van der Waals surface area contributed by atoms with E-state index in [0.29, 0.717) is 5.41 Å². The summed E-state index contributed by atoms with van der Waals surface area (Å²) < 4.78 is 0. The highest BCUT2D eigenvalue weighted by Crippen LogP contribution is 2.26. The summed E-state index contributed by atoms with van der Waals surface area (Å²) in [6.45, 7) is 13.1. The van der Waals surface area contributed by atoms with Gasteiger partial charge in [0.15, 0.2) is 0 Å². The maximum Gasteiger partial charge on any atom is -0.0380 e. The highest BCUT2D eigenvalue weighted by molar-refractivity contribution is 4.66. The molecule has 0 aromatic rings. The van der Waals surface area contributed by atoms with Crippen LogP contribution in [0.15, 0.2) is 0 Å². The summed E-state index contributed by atoms with van der Waals surface area (Å²) in [4.78, 5) is 0. The maximum atomic E-state index is 3.85. The van der Waals surface area contributed by atoms with Gasteiger partial charge in [-0.3, -0.25) is 0 Å². The van der Waals surface area contributed by atoms with Gasteiger partial charge >= 0.3 is 0 Å². The molecule has 0 aliphatic heterocycles. The summed E-state index contributed by atoms with van der Waals surface area (Å²) in [7, 11) is 0. The predicted octanol–water partition coefficient (Wildman–Crippen LogP) is 4.06. The molecular weight excluding hydrogens is 132 g/mol. The van der Waals surface area contributed by atoms with E-state index in [9.17, 15) is 0 Å². The molecule has 0 saturated carbocycles. The van der Waals surface area contributed by atoms with Gasteiger partial charge in [0.1, 0.15) is 0 Å². The normalized spacial score (nSPS) is 15.0. The minimum Gasteiger partial charge on any atom is -0.0625 e. The van der Waals surface area contributed by atoms with Gasteiger partial charge in [-0.15, -0.1) is 0 Å². The molecule has 0 saturated heterocycles. The van der Waals surface area contributed by atoms with E-state index < -0.39 is 0 Å². The van der Waals surface area contributed by atoms with Crippen LogP contribution in [-0.4, -0.2) is 0 Å². The van der Waals surface area contributed by atoms with Gasteiger partial charge in [-0.05, 0) is 17.8 Å². The molecule has 0 fully saturated rings. The zero-order valence-electron chi connectivity index (χ0n) is 8.61. The molecule has 1 unspecified atom stereocenters. The quantitative estimate of drug-likeness (QED) is 0.574. The van der Waals surface area contributed by atoms with Gasteiger partial charge in [-0.25, -0.2) is 0 Å². The van der Waals surface area contributed by atoms with Gasteiger partial charge in [0.05, 0.1) is 0 Å². The fraction of sp³-hybridized carbons (Fsp3) is 0.909. The lowest BCUT2D eigenvalue weighted by Gasteiger charge is -2.22. The maximum absolute atomic E-state index is 3.85. The summed E-state index contributed by atoms with van der Waals surface area (Å²) in [6, 6.07) is 0. The van der Waals surface area contributed by atoms with Crippen LogP contribution in [-0.2, 0) is 0 Å². The molecule has 1 radical (unpaired) electrons. The molecule has 0 aromatic heterocycles. The molecule has 67 valence electrons. The lowest BCUT2D eigenvalue weighted by atomic mass is 9.83. The fourth-order valence-corrected chi connectivity index (χ4v) is 1.64. The lowest BCUT2D eigenvalue weighted by Crippen LogP contribution is -2.10. The standard InChI is InChI=1S/C11H23/c1-6-7-8-10(2)9-11(3,4)5/h10H,1,6-9H2,2-5H3. The molecule has 0 rings (SSSR count). The molecule has 1 atom stereocenters. The van der Waals surface area contributed by atoms with Crippen molar-refractivity contribution in [3.05, 3.63) is 6.92 Å². The first-order chi connectivity index (χ1) is 4.95. The summed E-state index contributed by atoms with van der Waals surface area (Å²) >= 11 is 0. The largest absolute Gasteiger partial charge is 0.0625 e. The highest BCUT2D eigenvalue weighted by Gasteiger charge is 2.14. The van der Waals surface area contributed by atoms with Crippen molar-refractivity contribution < 1.29 is 0 Å². The number of unbranched alkanes of at least 4 members (excludes halogenated alkanes) is 1. The third-order valence-electron chi connectivity index (χ3n) is 1.91. The Bertz CT molecular complexity index is 86.7. The molecule has 0 aliphatic rings. The van der Waals surface area contributed by atoms with E-state index in [0.717, 1.165) is 12.3 Å². The third-order valence-corrected chi connectivity index (χ3v) is 1.91. The van der Waals surface area contributed by atoms with E-state index in [1.807, 2.05) is 0 Å². The van der Waals surface area contributed by atoms with Crippen molar-refractivity contribution in [2.24, 2.45) is 11.3 Å². The van der Waals surface area contributed by atoms with Crippen LogP contribution in [0.2, 0.25) is 0 Å². The van der Waals surface area contributed by atoms with Crippen molar-refractivity contribution in [2.45, 2.75) is 53.4 Å². The summed E-state index contributed by atoms with van der Waals surface area (Å²) in [6.07, 6.45) is 5.07. The van der Waals surface area contributed by atoms with Crippen LogP contribution in [0.5, 0.6) is 0 Å². The Morgan fingerprint density at radius 3 is 2.18 bits per heavy atom. The molecule has 0 aliphatic carbocycles. The Kier molecular flexibility index (Phi) is 4.79. The van der Waals surface area contributed by atoms with E-state index in [2.05, 4.69) is 34.6 Å². The van der Waals surface area contributed by atoms with Crippen LogP contribution in [0.3, 0.4) is 0 Å². The average Bonchev–Trinajstić information content (AvgIpc) is 1.79. The van der Waals surface area contributed by atoms with Crippen molar-refractivity contribution in [1.29, 1.82) is 0 Å². The molecule has 0 bridgehead atoms. The smallest absolute Gasteiger partial charge is 0.0380 e.